The predicted molar refractivity (Wildman–Crippen MR) is 85.6 cm³/mol. The fraction of sp³-hybridized carbons (Fsp3) is 0.235. The van der Waals surface area contributed by atoms with Gasteiger partial charge in [0.25, 0.3) is 5.91 Å². The number of aryl methyl sites for hydroxylation is 1. The van der Waals surface area contributed by atoms with Crippen molar-refractivity contribution >= 4 is 16.7 Å². The molecule has 0 bridgehead atoms. The molecule has 5 heteroatoms. The van der Waals surface area contributed by atoms with Gasteiger partial charge in [0.2, 0.25) is 0 Å². The van der Waals surface area contributed by atoms with E-state index in [-0.39, 0.29) is 11.9 Å². The number of nitrogens with zero attached hydrogens (tertiary/aromatic N) is 2. The van der Waals surface area contributed by atoms with E-state index >= 15 is 0 Å². The highest BCUT2D eigenvalue weighted by Crippen LogP contribution is 2.18. The van der Waals surface area contributed by atoms with Crippen molar-refractivity contribution in [1.82, 2.24) is 20.3 Å². The first kappa shape index (κ1) is 14.3. The number of aromatic nitrogens is 3. The Hall–Kier alpha value is -2.69. The number of amides is 1. The molecule has 0 aliphatic carbocycles. The van der Waals surface area contributed by atoms with Crippen molar-refractivity contribution in [2.24, 2.45) is 0 Å². The zero-order valence-corrected chi connectivity index (χ0v) is 12.6. The summed E-state index contributed by atoms with van der Waals surface area (Å²) in [6.07, 6.45) is 4.18. The van der Waals surface area contributed by atoms with Crippen LogP contribution in [0.2, 0.25) is 0 Å². The Morgan fingerprint density at radius 2 is 2.09 bits per heavy atom. The van der Waals surface area contributed by atoms with Gasteiger partial charge in [-0.25, -0.2) is 4.98 Å². The van der Waals surface area contributed by atoms with Gasteiger partial charge >= 0.3 is 0 Å². The summed E-state index contributed by atoms with van der Waals surface area (Å²) in [5.74, 6) is 0.589. The van der Waals surface area contributed by atoms with Crippen LogP contribution in [0.3, 0.4) is 0 Å². The number of fused-ring (bicyclic) bond motifs is 1. The van der Waals surface area contributed by atoms with Gasteiger partial charge in [0.1, 0.15) is 11.5 Å². The van der Waals surface area contributed by atoms with Gasteiger partial charge in [0.15, 0.2) is 0 Å². The second-order valence-corrected chi connectivity index (χ2v) is 5.27. The normalized spacial score (nSPS) is 12.3. The number of imidazole rings is 1. The third-order valence-electron chi connectivity index (χ3n) is 3.65. The lowest BCUT2D eigenvalue weighted by molar-refractivity contribution is 0.0930. The number of benzene rings is 1. The molecular formula is C17H18N4O. The largest absolute Gasteiger partial charge is 0.344 e. The molecule has 0 spiro atoms. The van der Waals surface area contributed by atoms with Gasteiger partial charge in [-0.3, -0.25) is 9.78 Å². The second-order valence-electron chi connectivity index (χ2n) is 5.27. The van der Waals surface area contributed by atoms with Crippen LogP contribution in [0.1, 0.15) is 41.4 Å². The molecule has 0 radical (unpaired) electrons. The summed E-state index contributed by atoms with van der Waals surface area (Å²) in [6, 6.07) is 9.50. The van der Waals surface area contributed by atoms with Gasteiger partial charge in [-0.15, -0.1) is 0 Å². The van der Waals surface area contributed by atoms with Crippen molar-refractivity contribution < 1.29 is 4.79 Å². The van der Waals surface area contributed by atoms with Crippen LogP contribution in [0.5, 0.6) is 0 Å². The maximum Gasteiger partial charge on any atom is 0.271 e. The number of pyridine rings is 1. The Morgan fingerprint density at radius 3 is 2.82 bits per heavy atom. The van der Waals surface area contributed by atoms with Crippen LogP contribution in [-0.4, -0.2) is 20.9 Å². The number of aromatic amines is 1. The fourth-order valence-electron chi connectivity index (χ4n) is 2.50. The van der Waals surface area contributed by atoms with Gasteiger partial charge in [-0.05, 0) is 24.8 Å². The van der Waals surface area contributed by atoms with E-state index in [0.717, 1.165) is 28.7 Å². The molecule has 0 saturated carbocycles. The summed E-state index contributed by atoms with van der Waals surface area (Å²) in [7, 11) is 0. The number of carbonyl (C=O) groups is 1. The van der Waals surface area contributed by atoms with Crippen molar-refractivity contribution in [3.8, 4) is 0 Å². The van der Waals surface area contributed by atoms with E-state index in [1.165, 1.54) is 0 Å². The van der Waals surface area contributed by atoms with E-state index in [2.05, 4.69) is 20.3 Å². The SMILES string of the molecule is CCC(NC(=O)c1nccc2ccccc12)c1ncc(C)[nH]1. The molecule has 112 valence electrons. The first-order chi connectivity index (χ1) is 10.7. The van der Waals surface area contributed by atoms with Gasteiger partial charge in [0.05, 0.1) is 6.04 Å². The first-order valence-corrected chi connectivity index (χ1v) is 7.35. The van der Waals surface area contributed by atoms with E-state index in [4.69, 9.17) is 0 Å². The fourth-order valence-corrected chi connectivity index (χ4v) is 2.50. The lowest BCUT2D eigenvalue weighted by Crippen LogP contribution is -2.29. The highest BCUT2D eigenvalue weighted by Gasteiger charge is 2.18. The smallest absolute Gasteiger partial charge is 0.271 e. The van der Waals surface area contributed by atoms with E-state index in [9.17, 15) is 4.79 Å². The Bertz CT molecular complexity index is 804. The minimum absolute atomic E-state index is 0.151. The molecule has 2 aromatic heterocycles. The van der Waals surface area contributed by atoms with E-state index in [1.54, 1.807) is 12.4 Å². The molecule has 2 heterocycles. The molecule has 1 unspecified atom stereocenters. The Labute approximate surface area is 128 Å². The third-order valence-corrected chi connectivity index (χ3v) is 3.65. The van der Waals surface area contributed by atoms with Crippen molar-refractivity contribution in [2.45, 2.75) is 26.3 Å². The van der Waals surface area contributed by atoms with Crippen LogP contribution < -0.4 is 5.32 Å². The quantitative estimate of drug-likeness (QED) is 0.776. The summed E-state index contributed by atoms with van der Waals surface area (Å²) in [6.45, 7) is 3.95. The lowest BCUT2D eigenvalue weighted by atomic mass is 10.1. The number of hydrogen-bond acceptors (Lipinski definition) is 3. The molecule has 0 aliphatic heterocycles. The van der Waals surface area contributed by atoms with Crippen molar-refractivity contribution in [1.29, 1.82) is 0 Å². The summed E-state index contributed by atoms with van der Waals surface area (Å²) in [4.78, 5) is 24.3. The van der Waals surface area contributed by atoms with E-state index in [1.807, 2.05) is 44.2 Å². The average molecular weight is 294 g/mol. The minimum Gasteiger partial charge on any atom is -0.344 e. The zero-order valence-electron chi connectivity index (χ0n) is 12.6. The number of hydrogen-bond donors (Lipinski definition) is 2. The molecule has 3 aromatic rings. The molecule has 1 amide bonds. The van der Waals surface area contributed by atoms with Crippen LogP contribution in [0.4, 0.5) is 0 Å². The maximum atomic E-state index is 12.6. The molecule has 5 nitrogen and oxygen atoms in total. The number of rotatable bonds is 4. The van der Waals surface area contributed by atoms with Crippen LogP contribution in [-0.2, 0) is 0 Å². The number of carbonyl (C=O) groups excluding carboxylic acids is 1. The standard InChI is InChI=1S/C17H18N4O/c1-3-14(16-19-10-11(2)20-16)21-17(22)15-13-7-5-4-6-12(13)8-9-18-15/h4-10,14H,3H2,1-2H3,(H,19,20)(H,21,22). The average Bonchev–Trinajstić information content (AvgIpc) is 2.98. The molecule has 3 rings (SSSR count). The van der Waals surface area contributed by atoms with E-state index < -0.39 is 0 Å². The highest BCUT2D eigenvalue weighted by atomic mass is 16.1. The molecule has 1 aromatic carbocycles. The third kappa shape index (κ3) is 2.70. The topological polar surface area (TPSA) is 70.7 Å². The molecule has 22 heavy (non-hydrogen) atoms. The second kappa shape index (κ2) is 5.97. The van der Waals surface area contributed by atoms with Crippen molar-refractivity contribution in [3.63, 3.8) is 0 Å². The monoisotopic (exact) mass is 294 g/mol. The van der Waals surface area contributed by atoms with Crippen molar-refractivity contribution in [3.05, 3.63) is 59.9 Å². The summed E-state index contributed by atoms with van der Waals surface area (Å²) >= 11 is 0. The number of nitrogens with one attached hydrogen (secondary N) is 2. The molecular weight excluding hydrogens is 276 g/mol. The lowest BCUT2D eigenvalue weighted by Gasteiger charge is -2.15. The summed E-state index contributed by atoms with van der Waals surface area (Å²) in [5, 5.41) is 4.87. The van der Waals surface area contributed by atoms with Gasteiger partial charge in [-0.1, -0.05) is 31.2 Å². The molecule has 2 N–H and O–H groups in total. The van der Waals surface area contributed by atoms with Crippen LogP contribution in [0, 0.1) is 6.92 Å². The first-order valence-electron chi connectivity index (χ1n) is 7.35. The summed E-state index contributed by atoms with van der Waals surface area (Å²) < 4.78 is 0. The molecule has 0 fully saturated rings. The predicted octanol–water partition coefficient (Wildman–Crippen LogP) is 3.15. The number of H-pyrrole nitrogens is 1. The Kier molecular flexibility index (Phi) is 3.87. The van der Waals surface area contributed by atoms with Crippen LogP contribution >= 0.6 is 0 Å². The maximum absolute atomic E-state index is 12.6. The van der Waals surface area contributed by atoms with Gasteiger partial charge in [0, 0.05) is 23.5 Å². The van der Waals surface area contributed by atoms with E-state index in [0.29, 0.717) is 5.69 Å². The summed E-state index contributed by atoms with van der Waals surface area (Å²) in [5.41, 5.74) is 1.42. The Balaban J connectivity index is 1.89. The molecule has 0 saturated heterocycles. The highest BCUT2D eigenvalue weighted by molar-refractivity contribution is 6.05. The molecule has 0 aliphatic rings. The van der Waals surface area contributed by atoms with Crippen molar-refractivity contribution in [2.75, 3.05) is 0 Å². The molecule has 1 atom stereocenters. The van der Waals surface area contributed by atoms with Gasteiger partial charge in [-0.2, -0.15) is 0 Å². The van der Waals surface area contributed by atoms with Crippen LogP contribution in [0.15, 0.2) is 42.7 Å². The van der Waals surface area contributed by atoms with Gasteiger partial charge < -0.3 is 10.3 Å². The van der Waals surface area contributed by atoms with Crippen LogP contribution in [0.25, 0.3) is 10.8 Å². The Morgan fingerprint density at radius 1 is 1.27 bits per heavy atom. The zero-order chi connectivity index (χ0) is 15.5. The minimum atomic E-state index is -0.183.